The number of rotatable bonds is 6. The van der Waals surface area contributed by atoms with Crippen molar-refractivity contribution in [3.05, 3.63) is 78.1 Å². The molecule has 3 aromatic carbocycles. The van der Waals surface area contributed by atoms with Crippen LogP contribution >= 0.6 is 0 Å². The van der Waals surface area contributed by atoms with Crippen molar-refractivity contribution >= 4 is 23.0 Å². The van der Waals surface area contributed by atoms with E-state index in [1.54, 1.807) is 36.4 Å². The molecule has 31 heavy (non-hydrogen) atoms. The summed E-state index contributed by atoms with van der Waals surface area (Å²) in [5, 5.41) is 6.25. The molecular formula is C25H27FN4O. The molecule has 4 rings (SSSR count). The van der Waals surface area contributed by atoms with Crippen LogP contribution in [0, 0.1) is 5.82 Å². The molecule has 1 saturated carbocycles. The van der Waals surface area contributed by atoms with E-state index in [1.165, 1.54) is 25.0 Å². The molecule has 6 heteroatoms. The topological polar surface area (TPSA) is 93.2 Å². The lowest BCUT2D eigenvalue weighted by Crippen LogP contribution is -2.43. The summed E-state index contributed by atoms with van der Waals surface area (Å²) in [6, 6.07) is 18.9. The number of nitrogens with one attached hydrogen (secondary N) is 2. The molecule has 0 atom stereocenters. The van der Waals surface area contributed by atoms with Crippen LogP contribution in [0.1, 0.15) is 36.0 Å². The number of hydrogen-bond donors (Lipinski definition) is 4. The second-order valence-electron chi connectivity index (χ2n) is 8.26. The molecule has 0 spiro atoms. The summed E-state index contributed by atoms with van der Waals surface area (Å²) in [7, 11) is 0. The Bertz CT molecular complexity index is 1060. The normalized spacial score (nSPS) is 14.9. The monoisotopic (exact) mass is 418 g/mol. The van der Waals surface area contributed by atoms with E-state index in [4.69, 9.17) is 11.5 Å². The number of halogens is 1. The highest BCUT2D eigenvalue weighted by Crippen LogP contribution is 2.29. The Morgan fingerprint density at radius 3 is 2.26 bits per heavy atom. The summed E-state index contributed by atoms with van der Waals surface area (Å²) in [4.78, 5) is 12.7. The molecule has 160 valence electrons. The van der Waals surface area contributed by atoms with Crippen LogP contribution in [0.15, 0.2) is 66.7 Å². The van der Waals surface area contributed by atoms with Crippen LogP contribution in [-0.4, -0.2) is 18.0 Å². The van der Waals surface area contributed by atoms with Crippen LogP contribution in [0.5, 0.6) is 0 Å². The predicted octanol–water partition coefficient (Wildman–Crippen LogP) is 5.01. The lowest BCUT2D eigenvalue weighted by Gasteiger charge is -2.24. The fraction of sp³-hybridized carbons (Fsp3) is 0.240. The van der Waals surface area contributed by atoms with Gasteiger partial charge in [0.15, 0.2) is 0 Å². The van der Waals surface area contributed by atoms with Crippen LogP contribution in [0.4, 0.5) is 21.5 Å². The van der Waals surface area contributed by atoms with E-state index >= 15 is 0 Å². The third-order valence-electron chi connectivity index (χ3n) is 5.87. The van der Waals surface area contributed by atoms with E-state index in [1.807, 2.05) is 18.2 Å². The van der Waals surface area contributed by atoms with E-state index in [0.29, 0.717) is 16.9 Å². The van der Waals surface area contributed by atoms with Gasteiger partial charge >= 0.3 is 0 Å². The van der Waals surface area contributed by atoms with E-state index in [0.717, 1.165) is 36.2 Å². The summed E-state index contributed by atoms with van der Waals surface area (Å²) >= 11 is 0. The Hall–Kier alpha value is -3.38. The fourth-order valence-corrected chi connectivity index (χ4v) is 3.95. The molecule has 6 N–H and O–H groups in total. The maximum atomic E-state index is 13.2. The molecule has 1 aliphatic rings. The Morgan fingerprint density at radius 2 is 1.58 bits per heavy atom. The largest absolute Gasteiger partial charge is 0.397 e. The highest BCUT2D eigenvalue weighted by molar-refractivity contribution is 6.06. The number of carbonyl (C=O) groups is 1. The fourth-order valence-electron chi connectivity index (χ4n) is 3.95. The van der Waals surface area contributed by atoms with Crippen molar-refractivity contribution < 1.29 is 9.18 Å². The average molecular weight is 419 g/mol. The zero-order chi connectivity index (χ0) is 21.8. The number of nitrogen functional groups attached to an aromatic ring is 1. The molecule has 0 saturated heterocycles. The van der Waals surface area contributed by atoms with Gasteiger partial charge in [-0.2, -0.15) is 0 Å². The number of nitrogens with two attached hydrogens (primary N) is 2. The lowest BCUT2D eigenvalue weighted by atomic mass is 9.99. The maximum Gasteiger partial charge on any atom is 0.255 e. The average Bonchev–Trinajstić information content (AvgIpc) is 3.21. The van der Waals surface area contributed by atoms with Gasteiger partial charge in [0.1, 0.15) is 5.82 Å². The van der Waals surface area contributed by atoms with Crippen molar-refractivity contribution in [1.29, 1.82) is 0 Å². The van der Waals surface area contributed by atoms with Gasteiger partial charge in [-0.1, -0.05) is 31.0 Å². The summed E-state index contributed by atoms with van der Waals surface area (Å²) in [6.07, 6.45) is 4.45. The molecule has 5 nitrogen and oxygen atoms in total. The minimum atomic E-state index is -0.296. The second kappa shape index (κ2) is 8.78. The van der Waals surface area contributed by atoms with Crippen LogP contribution < -0.4 is 22.1 Å². The van der Waals surface area contributed by atoms with Crippen molar-refractivity contribution in [3.63, 3.8) is 0 Å². The zero-order valence-electron chi connectivity index (χ0n) is 17.3. The van der Waals surface area contributed by atoms with Crippen molar-refractivity contribution in [1.82, 2.24) is 0 Å². The van der Waals surface area contributed by atoms with E-state index in [-0.39, 0.29) is 17.3 Å². The Labute approximate surface area is 181 Å². The highest BCUT2D eigenvalue weighted by atomic mass is 19.1. The lowest BCUT2D eigenvalue weighted by molar-refractivity contribution is 0.102. The Kier molecular flexibility index (Phi) is 5.91. The number of amides is 1. The molecule has 0 aliphatic heterocycles. The molecule has 0 bridgehead atoms. The van der Waals surface area contributed by atoms with Gasteiger partial charge in [0.05, 0.1) is 11.4 Å². The predicted molar refractivity (Wildman–Crippen MR) is 125 cm³/mol. The van der Waals surface area contributed by atoms with Gasteiger partial charge in [-0.15, -0.1) is 0 Å². The van der Waals surface area contributed by atoms with Gasteiger partial charge in [-0.3, -0.25) is 4.79 Å². The van der Waals surface area contributed by atoms with Gasteiger partial charge in [0, 0.05) is 23.3 Å². The maximum absolute atomic E-state index is 13.2. The molecule has 1 aliphatic carbocycles. The first-order valence-electron chi connectivity index (χ1n) is 10.5. The quantitative estimate of drug-likeness (QED) is 0.423. The second-order valence-corrected chi connectivity index (χ2v) is 8.26. The van der Waals surface area contributed by atoms with Crippen LogP contribution in [0.25, 0.3) is 11.1 Å². The van der Waals surface area contributed by atoms with Gasteiger partial charge in [0.2, 0.25) is 0 Å². The number of hydrogen-bond acceptors (Lipinski definition) is 4. The SMILES string of the molecule is Nc1ccc(-c2ccc(F)cc2)cc1NC(=O)c1ccc(NCC2(N)CCCC2)cc1. The van der Waals surface area contributed by atoms with Crippen molar-refractivity contribution in [2.75, 3.05) is 22.9 Å². The van der Waals surface area contributed by atoms with E-state index < -0.39 is 0 Å². The number of anilines is 3. The minimum Gasteiger partial charge on any atom is -0.397 e. The Morgan fingerprint density at radius 1 is 0.935 bits per heavy atom. The Balaban J connectivity index is 1.43. The molecule has 1 fully saturated rings. The van der Waals surface area contributed by atoms with Gasteiger partial charge in [0.25, 0.3) is 5.91 Å². The van der Waals surface area contributed by atoms with Crippen molar-refractivity contribution in [2.45, 2.75) is 31.2 Å². The zero-order valence-corrected chi connectivity index (χ0v) is 17.3. The van der Waals surface area contributed by atoms with Gasteiger partial charge < -0.3 is 22.1 Å². The summed E-state index contributed by atoms with van der Waals surface area (Å²) in [5.41, 5.74) is 16.4. The first-order valence-corrected chi connectivity index (χ1v) is 10.5. The molecule has 3 aromatic rings. The smallest absolute Gasteiger partial charge is 0.255 e. The van der Waals surface area contributed by atoms with Crippen molar-refractivity contribution in [3.8, 4) is 11.1 Å². The summed E-state index contributed by atoms with van der Waals surface area (Å²) in [5.74, 6) is -0.545. The highest BCUT2D eigenvalue weighted by Gasteiger charge is 2.28. The standard InChI is InChI=1S/C25H27FN4O/c26-20-8-3-17(4-9-20)19-7-12-22(27)23(15-19)30-24(31)18-5-10-21(11-6-18)29-16-25(28)13-1-2-14-25/h3-12,15,29H,1-2,13-14,16,27-28H2,(H,30,31). The van der Waals surface area contributed by atoms with Gasteiger partial charge in [-0.05, 0) is 72.5 Å². The molecular weight excluding hydrogens is 391 g/mol. The molecule has 1 amide bonds. The third-order valence-corrected chi connectivity index (χ3v) is 5.87. The van der Waals surface area contributed by atoms with E-state index in [2.05, 4.69) is 10.6 Å². The van der Waals surface area contributed by atoms with Crippen LogP contribution in [-0.2, 0) is 0 Å². The van der Waals surface area contributed by atoms with Gasteiger partial charge in [-0.25, -0.2) is 4.39 Å². The molecule has 0 unspecified atom stereocenters. The molecule has 0 heterocycles. The minimum absolute atomic E-state index is 0.136. The molecule has 0 aromatic heterocycles. The number of carbonyl (C=O) groups excluding carboxylic acids is 1. The van der Waals surface area contributed by atoms with Crippen molar-refractivity contribution in [2.24, 2.45) is 5.73 Å². The van der Waals surface area contributed by atoms with Crippen LogP contribution in [0.2, 0.25) is 0 Å². The van der Waals surface area contributed by atoms with Crippen LogP contribution in [0.3, 0.4) is 0 Å². The number of benzene rings is 3. The summed E-state index contributed by atoms with van der Waals surface area (Å²) < 4.78 is 13.2. The summed E-state index contributed by atoms with van der Waals surface area (Å²) in [6.45, 7) is 0.727. The molecule has 0 radical (unpaired) electrons. The first-order chi connectivity index (χ1) is 14.9. The third kappa shape index (κ3) is 5.03. The first kappa shape index (κ1) is 20.9. The van der Waals surface area contributed by atoms with E-state index in [9.17, 15) is 9.18 Å².